The molecule has 5 nitrogen and oxygen atoms in total. The molecule has 8 heteroatoms. The molecule has 2 fully saturated rings. The Kier molecular flexibility index (Phi) is 5.64. The van der Waals surface area contributed by atoms with Crippen molar-refractivity contribution in [1.82, 2.24) is 4.90 Å². The number of fused-ring (bicyclic) bond motifs is 2. The molecule has 0 spiro atoms. The summed E-state index contributed by atoms with van der Waals surface area (Å²) < 4.78 is 39.8. The number of carbonyl (C=O) groups is 1. The molecular weight excluding hydrogens is 395 g/mol. The SMILES string of the molecule is CN1CCC(N(C(N)=O)C2CCCC3CCC(O)CC32)c2ccc(C(F)(F)F)cc21. The zero-order chi connectivity index (χ0) is 21.6. The summed E-state index contributed by atoms with van der Waals surface area (Å²) in [5.41, 5.74) is 6.41. The molecule has 2 amide bonds. The summed E-state index contributed by atoms with van der Waals surface area (Å²) in [6.07, 6.45) is 1.16. The van der Waals surface area contributed by atoms with Crippen molar-refractivity contribution in [3.05, 3.63) is 29.3 Å². The van der Waals surface area contributed by atoms with Crippen molar-refractivity contribution in [2.75, 3.05) is 18.5 Å². The van der Waals surface area contributed by atoms with Crippen LogP contribution in [0.5, 0.6) is 0 Å². The van der Waals surface area contributed by atoms with Crippen LogP contribution in [0.3, 0.4) is 0 Å². The van der Waals surface area contributed by atoms with E-state index in [1.807, 2.05) is 4.90 Å². The first-order valence-electron chi connectivity index (χ1n) is 10.8. The van der Waals surface area contributed by atoms with Crippen LogP contribution in [0.25, 0.3) is 0 Å². The number of urea groups is 1. The lowest BCUT2D eigenvalue weighted by Crippen LogP contribution is -2.54. The van der Waals surface area contributed by atoms with E-state index in [-0.39, 0.29) is 24.1 Å². The summed E-state index contributed by atoms with van der Waals surface area (Å²) in [7, 11) is 1.78. The van der Waals surface area contributed by atoms with Crippen molar-refractivity contribution in [3.8, 4) is 0 Å². The first-order chi connectivity index (χ1) is 14.2. The second-order valence-electron chi connectivity index (χ2n) is 9.13. The van der Waals surface area contributed by atoms with Gasteiger partial charge in [0.2, 0.25) is 0 Å². The molecule has 1 aromatic carbocycles. The second kappa shape index (κ2) is 7.94. The smallest absolute Gasteiger partial charge is 0.393 e. The Morgan fingerprint density at radius 1 is 1.20 bits per heavy atom. The minimum Gasteiger partial charge on any atom is -0.393 e. The summed E-state index contributed by atoms with van der Waals surface area (Å²) in [6, 6.07) is 2.82. The van der Waals surface area contributed by atoms with Crippen LogP contribution in [0, 0.1) is 11.8 Å². The maximum absolute atomic E-state index is 13.3. The molecule has 0 saturated heterocycles. The van der Waals surface area contributed by atoms with Crippen LogP contribution in [-0.4, -0.2) is 41.8 Å². The van der Waals surface area contributed by atoms with E-state index >= 15 is 0 Å². The number of alkyl halides is 3. The summed E-state index contributed by atoms with van der Waals surface area (Å²) >= 11 is 0. The third-order valence-electron chi connectivity index (χ3n) is 7.40. The summed E-state index contributed by atoms with van der Waals surface area (Å²) in [5, 5.41) is 10.2. The van der Waals surface area contributed by atoms with Gasteiger partial charge in [0, 0.05) is 25.3 Å². The van der Waals surface area contributed by atoms with Gasteiger partial charge in [-0.05, 0) is 61.6 Å². The molecule has 5 unspecified atom stereocenters. The van der Waals surface area contributed by atoms with Crippen molar-refractivity contribution >= 4 is 11.7 Å². The topological polar surface area (TPSA) is 69.8 Å². The maximum atomic E-state index is 13.3. The van der Waals surface area contributed by atoms with Crippen LogP contribution < -0.4 is 10.6 Å². The molecule has 3 N–H and O–H groups in total. The van der Waals surface area contributed by atoms with Gasteiger partial charge in [0.1, 0.15) is 0 Å². The fraction of sp³-hybridized carbons (Fsp3) is 0.682. The lowest BCUT2D eigenvalue weighted by atomic mass is 9.67. The lowest BCUT2D eigenvalue weighted by molar-refractivity contribution is -0.137. The molecule has 30 heavy (non-hydrogen) atoms. The number of hydrogen-bond donors (Lipinski definition) is 2. The summed E-state index contributed by atoms with van der Waals surface area (Å²) in [5.74, 6) is 0.653. The number of aliphatic hydroxyl groups is 1. The van der Waals surface area contributed by atoms with Crippen LogP contribution in [0.4, 0.5) is 23.7 Å². The molecule has 166 valence electrons. The quantitative estimate of drug-likeness (QED) is 0.742. The molecule has 1 aromatic rings. The van der Waals surface area contributed by atoms with Crippen LogP contribution in [0.1, 0.15) is 62.1 Å². The van der Waals surface area contributed by atoms with Gasteiger partial charge in [-0.25, -0.2) is 4.79 Å². The van der Waals surface area contributed by atoms with Crippen molar-refractivity contribution in [2.24, 2.45) is 17.6 Å². The Morgan fingerprint density at radius 2 is 1.97 bits per heavy atom. The van der Waals surface area contributed by atoms with Crippen molar-refractivity contribution in [3.63, 3.8) is 0 Å². The number of nitrogens with zero attached hydrogens (tertiary/aromatic N) is 2. The zero-order valence-corrected chi connectivity index (χ0v) is 17.2. The van der Waals surface area contributed by atoms with E-state index in [0.29, 0.717) is 36.6 Å². The number of rotatable bonds is 2. The number of halogens is 3. The summed E-state index contributed by atoms with van der Waals surface area (Å²) in [6.45, 7) is 0.548. The lowest BCUT2D eigenvalue weighted by Gasteiger charge is -2.50. The highest BCUT2D eigenvalue weighted by Crippen LogP contribution is 2.47. The number of nitrogens with two attached hydrogens (primary N) is 1. The fourth-order valence-corrected chi connectivity index (χ4v) is 5.98. The number of primary amides is 1. The van der Waals surface area contributed by atoms with E-state index in [9.17, 15) is 23.1 Å². The Bertz CT molecular complexity index is 800. The van der Waals surface area contributed by atoms with Gasteiger partial charge >= 0.3 is 12.2 Å². The molecule has 0 bridgehead atoms. The van der Waals surface area contributed by atoms with Gasteiger partial charge in [0.25, 0.3) is 0 Å². The maximum Gasteiger partial charge on any atom is 0.416 e. The second-order valence-corrected chi connectivity index (χ2v) is 9.13. The summed E-state index contributed by atoms with van der Waals surface area (Å²) in [4.78, 5) is 16.2. The van der Waals surface area contributed by atoms with Crippen molar-refractivity contribution < 1.29 is 23.1 Å². The van der Waals surface area contributed by atoms with Crippen LogP contribution in [0.15, 0.2) is 18.2 Å². The molecular formula is C22H30F3N3O2. The molecule has 1 aliphatic heterocycles. The molecule has 2 aliphatic carbocycles. The van der Waals surface area contributed by atoms with Gasteiger partial charge in [-0.3, -0.25) is 0 Å². The van der Waals surface area contributed by atoms with Crippen molar-refractivity contribution in [1.29, 1.82) is 0 Å². The van der Waals surface area contributed by atoms with E-state index in [2.05, 4.69) is 0 Å². The average molecular weight is 425 g/mol. The minimum atomic E-state index is -4.42. The predicted molar refractivity (Wildman–Crippen MR) is 108 cm³/mol. The Morgan fingerprint density at radius 3 is 2.67 bits per heavy atom. The molecule has 5 atom stereocenters. The minimum absolute atomic E-state index is 0.0836. The molecule has 2 saturated carbocycles. The molecule has 0 aromatic heterocycles. The molecule has 4 rings (SSSR count). The highest BCUT2D eigenvalue weighted by Gasteiger charge is 2.44. The molecule has 1 heterocycles. The first kappa shape index (κ1) is 21.3. The number of carbonyl (C=O) groups excluding carboxylic acids is 1. The Labute approximate surface area is 175 Å². The van der Waals surface area contributed by atoms with Gasteiger partial charge < -0.3 is 20.6 Å². The average Bonchev–Trinajstić information content (AvgIpc) is 2.69. The van der Waals surface area contributed by atoms with Gasteiger partial charge in [0.15, 0.2) is 0 Å². The highest BCUT2D eigenvalue weighted by molar-refractivity contribution is 5.74. The number of amides is 2. The van der Waals surface area contributed by atoms with Gasteiger partial charge in [0.05, 0.1) is 17.7 Å². The van der Waals surface area contributed by atoms with E-state index in [4.69, 9.17) is 5.73 Å². The van der Waals surface area contributed by atoms with E-state index in [1.165, 1.54) is 12.1 Å². The van der Waals surface area contributed by atoms with E-state index in [1.54, 1.807) is 11.9 Å². The molecule has 0 radical (unpaired) electrons. The van der Waals surface area contributed by atoms with Gasteiger partial charge in [-0.1, -0.05) is 18.9 Å². The first-order valence-corrected chi connectivity index (χ1v) is 10.8. The fourth-order valence-electron chi connectivity index (χ4n) is 5.98. The van der Waals surface area contributed by atoms with E-state index in [0.717, 1.165) is 38.2 Å². The van der Waals surface area contributed by atoms with Gasteiger partial charge in [-0.15, -0.1) is 0 Å². The highest BCUT2D eigenvalue weighted by atomic mass is 19.4. The largest absolute Gasteiger partial charge is 0.416 e. The van der Waals surface area contributed by atoms with Crippen LogP contribution in [0.2, 0.25) is 0 Å². The number of anilines is 1. The van der Waals surface area contributed by atoms with Crippen LogP contribution in [-0.2, 0) is 6.18 Å². The third kappa shape index (κ3) is 3.86. The third-order valence-corrected chi connectivity index (χ3v) is 7.40. The number of benzene rings is 1. The Balaban J connectivity index is 1.70. The standard InChI is InChI=1S/C22H30F3N3O2/c1-27-10-9-19(16-8-6-14(11-20(16)27)22(23,24)25)28(21(26)30)18-4-2-3-13-5-7-15(29)12-17(13)18/h6,8,11,13,15,17-19,29H,2-5,7,9-10,12H2,1H3,(H2,26,30). The van der Waals surface area contributed by atoms with Gasteiger partial charge in [-0.2, -0.15) is 13.2 Å². The zero-order valence-electron chi connectivity index (χ0n) is 17.2. The predicted octanol–water partition coefficient (Wildman–Crippen LogP) is 4.30. The Hall–Kier alpha value is -1.96. The van der Waals surface area contributed by atoms with Crippen molar-refractivity contribution in [2.45, 2.75) is 69.3 Å². The monoisotopic (exact) mass is 425 g/mol. The number of hydrogen-bond acceptors (Lipinski definition) is 3. The normalized spacial score (nSPS) is 31.6. The van der Waals surface area contributed by atoms with E-state index < -0.39 is 17.8 Å². The van der Waals surface area contributed by atoms with Crippen LogP contribution >= 0.6 is 0 Å². The number of aliphatic hydroxyl groups excluding tert-OH is 1. The molecule has 3 aliphatic rings.